The number of hydrogen-bond donors (Lipinski definition) is 2. The standard InChI is InChI=1S/C30H32FN7O2/c31-24-25(22-13-33-28(39)21-6-2-1-5-20(21)22)32-14-23-26(24)35-29(40-17-30-9-3-11-38(30)12-4-10-30)36-27(23)37-15-18-7-8-19(16-37)34-18/h1-2,5-6,13-14,18-19,34H,3-4,7-12,15-17H2,(H,33,39)/t18-,19+. The zero-order chi connectivity index (χ0) is 26.8. The fraction of sp³-hybridized carbons (Fsp3) is 0.467. The van der Waals surface area contributed by atoms with E-state index >= 15 is 4.39 Å². The van der Waals surface area contributed by atoms with Crippen LogP contribution in [0.15, 0.2) is 41.5 Å². The maximum atomic E-state index is 16.5. The molecule has 2 bridgehead atoms. The number of halogens is 1. The lowest BCUT2D eigenvalue weighted by molar-refractivity contribution is 0.108. The lowest BCUT2D eigenvalue weighted by Gasteiger charge is -2.34. The Labute approximate surface area is 230 Å². The van der Waals surface area contributed by atoms with Gasteiger partial charge in [-0.25, -0.2) is 4.39 Å². The number of benzene rings is 1. The second-order valence-corrected chi connectivity index (χ2v) is 11.8. The summed E-state index contributed by atoms with van der Waals surface area (Å²) >= 11 is 0. The molecule has 8 rings (SSSR count). The minimum absolute atomic E-state index is 0.0312. The highest BCUT2D eigenvalue weighted by atomic mass is 19.1. The number of ether oxygens (including phenoxy) is 1. The first kappa shape index (κ1) is 24.2. The van der Waals surface area contributed by atoms with Crippen LogP contribution in [0.5, 0.6) is 6.01 Å². The van der Waals surface area contributed by atoms with Crippen LogP contribution in [0.1, 0.15) is 38.5 Å². The highest BCUT2D eigenvalue weighted by molar-refractivity contribution is 5.98. The Morgan fingerprint density at radius 3 is 2.55 bits per heavy atom. The minimum Gasteiger partial charge on any atom is -0.461 e. The van der Waals surface area contributed by atoms with Crippen molar-refractivity contribution >= 4 is 27.5 Å². The molecule has 2 atom stereocenters. The van der Waals surface area contributed by atoms with Crippen LogP contribution in [0.3, 0.4) is 0 Å². The summed E-state index contributed by atoms with van der Waals surface area (Å²) < 4.78 is 22.8. The zero-order valence-electron chi connectivity index (χ0n) is 22.3. The first-order valence-corrected chi connectivity index (χ1v) is 14.4. The molecule has 2 N–H and O–H groups in total. The molecule has 4 aliphatic heterocycles. The summed E-state index contributed by atoms with van der Waals surface area (Å²) in [6.45, 7) is 4.32. The molecule has 9 nitrogen and oxygen atoms in total. The van der Waals surface area contributed by atoms with Gasteiger partial charge in [0.05, 0.1) is 10.9 Å². The summed E-state index contributed by atoms with van der Waals surface area (Å²) in [7, 11) is 0. The third kappa shape index (κ3) is 3.80. The van der Waals surface area contributed by atoms with Crippen molar-refractivity contribution < 1.29 is 9.13 Å². The number of hydrogen-bond acceptors (Lipinski definition) is 8. The molecule has 0 amide bonds. The van der Waals surface area contributed by atoms with Gasteiger partial charge in [-0.3, -0.25) is 14.7 Å². The number of H-pyrrole nitrogens is 1. The van der Waals surface area contributed by atoms with Gasteiger partial charge in [0.2, 0.25) is 0 Å². The van der Waals surface area contributed by atoms with Crippen LogP contribution in [-0.4, -0.2) is 75.2 Å². The highest BCUT2D eigenvalue weighted by Crippen LogP contribution is 2.40. The van der Waals surface area contributed by atoms with Gasteiger partial charge in [-0.1, -0.05) is 18.2 Å². The normalized spacial score (nSPS) is 23.8. The van der Waals surface area contributed by atoms with E-state index in [4.69, 9.17) is 9.72 Å². The number of fused-ring (bicyclic) bond motifs is 5. The number of piperazine rings is 1. The first-order chi connectivity index (χ1) is 19.6. The van der Waals surface area contributed by atoms with Crippen LogP contribution >= 0.6 is 0 Å². The second-order valence-electron chi connectivity index (χ2n) is 11.8. The maximum Gasteiger partial charge on any atom is 0.319 e. The van der Waals surface area contributed by atoms with Crippen molar-refractivity contribution in [2.24, 2.45) is 0 Å². The number of nitrogens with zero attached hydrogens (tertiary/aromatic N) is 5. The predicted octanol–water partition coefficient (Wildman–Crippen LogP) is 3.62. The van der Waals surface area contributed by atoms with Crippen molar-refractivity contribution in [2.75, 3.05) is 37.7 Å². The van der Waals surface area contributed by atoms with E-state index in [1.54, 1.807) is 18.3 Å². The van der Waals surface area contributed by atoms with E-state index < -0.39 is 5.82 Å². The van der Waals surface area contributed by atoms with Crippen LogP contribution in [0, 0.1) is 5.82 Å². The molecule has 4 aromatic rings. The van der Waals surface area contributed by atoms with Crippen molar-refractivity contribution in [1.29, 1.82) is 0 Å². The van der Waals surface area contributed by atoms with Gasteiger partial charge in [-0.2, -0.15) is 9.97 Å². The fourth-order valence-electron chi connectivity index (χ4n) is 7.55. The van der Waals surface area contributed by atoms with Gasteiger partial charge in [-0.05, 0) is 63.1 Å². The van der Waals surface area contributed by atoms with Crippen molar-refractivity contribution in [2.45, 2.75) is 56.1 Å². The fourth-order valence-corrected chi connectivity index (χ4v) is 7.55. The molecular weight excluding hydrogens is 509 g/mol. The average Bonchev–Trinajstić information content (AvgIpc) is 3.66. The molecule has 0 spiro atoms. The molecule has 0 saturated carbocycles. The van der Waals surface area contributed by atoms with Gasteiger partial charge >= 0.3 is 6.01 Å². The number of nitrogens with one attached hydrogen (secondary N) is 2. The third-order valence-electron chi connectivity index (χ3n) is 9.51. The van der Waals surface area contributed by atoms with E-state index in [2.05, 4.69) is 30.1 Å². The molecule has 7 heterocycles. The highest BCUT2D eigenvalue weighted by Gasteiger charge is 2.45. The number of aromatic amines is 1. The number of aromatic nitrogens is 4. The van der Waals surface area contributed by atoms with Gasteiger partial charge < -0.3 is 19.9 Å². The topological polar surface area (TPSA) is 99.3 Å². The molecule has 4 aliphatic rings. The quantitative estimate of drug-likeness (QED) is 0.395. The molecule has 1 aromatic carbocycles. The molecule has 4 fully saturated rings. The Morgan fingerprint density at radius 2 is 1.77 bits per heavy atom. The molecule has 10 heteroatoms. The van der Waals surface area contributed by atoms with E-state index in [9.17, 15) is 4.79 Å². The van der Waals surface area contributed by atoms with Gasteiger partial charge in [0.15, 0.2) is 5.82 Å². The predicted molar refractivity (Wildman–Crippen MR) is 151 cm³/mol. The van der Waals surface area contributed by atoms with Gasteiger partial charge in [0, 0.05) is 48.5 Å². The van der Waals surface area contributed by atoms with Crippen LogP contribution in [-0.2, 0) is 0 Å². The summed E-state index contributed by atoms with van der Waals surface area (Å²) in [6.07, 6.45) is 10.0. The summed E-state index contributed by atoms with van der Waals surface area (Å²) in [5.41, 5.74) is 0.666. The molecule has 0 aliphatic carbocycles. The van der Waals surface area contributed by atoms with Crippen molar-refractivity contribution in [3.8, 4) is 17.3 Å². The van der Waals surface area contributed by atoms with E-state index in [1.165, 1.54) is 19.0 Å². The first-order valence-electron chi connectivity index (χ1n) is 14.4. The monoisotopic (exact) mass is 541 g/mol. The van der Waals surface area contributed by atoms with Crippen molar-refractivity contribution in [1.82, 2.24) is 30.2 Å². The second kappa shape index (κ2) is 9.21. The van der Waals surface area contributed by atoms with E-state index in [-0.39, 0.29) is 28.3 Å². The van der Waals surface area contributed by atoms with Gasteiger partial charge in [-0.15, -0.1) is 0 Å². The number of rotatable bonds is 5. The smallest absolute Gasteiger partial charge is 0.319 e. The molecule has 0 unspecified atom stereocenters. The SMILES string of the molecule is O=c1[nH]cc(-c2ncc3c(N4C[C@H]5CC[C@@H](C4)N5)nc(OCC45CCCN4CCC5)nc3c2F)c2ccccc12. The van der Waals surface area contributed by atoms with Gasteiger partial charge in [0.1, 0.15) is 23.6 Å². The molecule has 0 radical (unpaired) electrons. The Hall–Kier alpha value is -3.63. The lowest BCUT2D eigenvalue weighted by atomic mass is 9.95. The van der Waals surface area contributed by atoms with Gasteiger partial charge in [0.25, 0.3) is 5.56 Å². The molecule has 4 saturated heterocycles. The van der Waals surface area contributed by atoms with Crippen molar-refractivity contribution in [3.05, 3.63) is 52.8 Å². The van der Waals surface area contributed by atoms with Crippen molar-refractivity contribution in [3.63, 3.8) is 0 Å². The summed E-state index contributed by atoms with van der Waals surface area (Å²) in [4.78, 5) is 34.1. The minimum atomic E-state index is -0.539. The Bertz CT molecular complexity index is 1670. The van der Waals surface area contributed by atoms with Crippen LogP contribution in [0.25, 0.3) is 32.9 Å². The third-order valence-corrected chi connectivity index (χ3v) is 9.51. The zero-order valence-corrected chi connectivity index (χ0v) is 22.3. The van der Waals surface area contributed by atoms with E-state index in [1.807, 2.05) is 12.1 Å². The number of anilines is 1. The number of pyridine rings is 2. The van der Waals surface area contributed by atoms with E-state index in [0.29, 0.717) is 46.2 Å². The Morgan fingerprint density at radius 1 is 1.02 bits per heavy atom. The molecule has 206 valence electrons. The Balaban J connectivity index is 1.25. The molecular formula is C30H32FN7O2. The summed E-state index contributed by atoms with van der Waals surface area (Å²) in [5.74, 6) is 0.137. The Kier molecular flexibility index (Phi) is 5.57. The largest absolute Gasteiger partial charge is 0.461 e. The average molecular weight is 542 g/mol. The van der Waals surface area contributed by atoms with Crippen LogP contribution in [0.2, 0.25) is 0 Å². The summed E-state index contributed by atoms with van der Waals surface area (Å²) in [6, 6.07) is 8.17. The van der Waals surface area contributed by atoms with E-state index in [0.717, 1.165) is 51.9 Å². The maximum absolute atomic E-state index is 16.5. The molecule has 40 heavy (non-hydrogen) atoms. The lowest BCUT2D eigenvalue weighted by Crippen LogP contribution is -2.51. The van der Waals surface area contributed by atoms with Crippen LogP contribution < -0.4 is 20.5 Å². The van der Waals surface area contributed by atoms with Crippen LogP contribution in [0.4, 0.5) is 10.2 Å². The summed E-state index contributed by atoms with van der Waals surface area (Å²) in [5, 5.41) is 5.37. The molecule has 3 aromatic heterocycles.